The van der Waals surface area contributed by atoms with Crippen LogP contribution in [0.2, 0.25) is 0 Å². The minimum absolute atomic E-state index is 0.00989. The first-order chi connectivity index (χ1) is 18.5. The highest BCUT2D eigenvalue weighted by Gasteiger charge is 2.32. The quantitative estimate of drug-likeness (QED) is 0.157. The zero-order valence-electron chi connectivity index (χ0n) is 19.7. The monoisotopic (exact) mass is 535 g/mol. The lowest BCUT2D eigenvalue weighted by molar-refractivity contribution is -0.137. The van der Waals surface area contributed by atoms with Crippen LogP contribution in [0.5, 0.6) is 11.6 Å². The molecule has 0 bridgehead atoms. The van der Waals surface area contributed by atoms with Crippen LogP contribution >= 0.6 is 0 Å². The summed E-state index contributed by atoms with van der Waals surface area (Å²) in [6.45, 7) is 0. The predicted octanol–water partition coefficient (Wildman–Crippen LogP) is 7.98. The van der Waals surface area contributed by atoms with E-state index in [1.165, 1.54) is 36.4 Å². The van der Waals surface area contributed by atoms with Crippen LogP contribution in [0, 0.1) is 5.82 Å². The lowest BCUT2D eigenvalue weighted by Gasteiger charge is -2.09. The predicted molar refractivity (Wildman–Crippen MR) is 135 cm³/mol. The highest BCUT2D eigenvalue weighted by atomic mass is 19.4. The number of aromatic nitrogens is 1. The molecule has 0 aliphatic rings. The Morgan fingerprint density at radius 3 is 2.26 bits per heavy atom. The number of carbonyl (C=O) groups is 1. The molecule has 0 fully saturated rings. The number of azo groups is 1. The molecule has 1 aromatic heterocycles. The Balaban J connectivity index is 1.64. The van der Waals surface area contributed by atoms with Crippen LogP contribution in [0.15, 0.2) is 95.2 Å². The minimum Gasteiger partial charge on any atom is -0.505 e. The first kappa shape index (κ1) is 25.5. The minimum atomic E-state index is -4.66. The molecule has 196 valence electrons. The number of carboxylic acid groups (broad SMARTS) is 1. The largest absolute Gasteiger partial charge is 0.505 e. The normalized spacial score (nSPS) is 11.9. The summed E-state index contributed by atoms with van der Waals surface area (Å²) < 4.78 is 54.9. The van der Waals surface area contributed by atoms with Gasteiger partial charge in [-0.25, -0.2) is 9.18 Å². The van der Waals surface area contributed by atoms with Gasteiger partial charge >= 0.3 is 12.1 Å². The molecule has 0 aliphatic heterocycles. The summed E-state index contributed by atoms with van der Waals surface area (Å²) in [5.74, 6) is -2.60. The number of para-hydroxylation sites is 1. The van der Waals surface area contributed by atoms with Crippen LogP contribution in [0.25, 0.3) is 27.7 Å². The summed E-state index contributed by atoms with van der Waals surface area (Å²) in [5, 5.41) is 39.3. The van der Waals surface area contributed by atoms with Gasteiger partial charge in [0.25, 0.3) is 0 Å². The van der Waals surface area contributed by atoms with Crippen molar-refractivity contribution < 1.29 is 37.7 Å². The third kappa shape index (κ3) is 4.77. The van der Waals surface area contributed by atoms with Crippen molar-refractivity contribution in [1.82, 2.24) is 4.57 Å². The van der Waals surface area contributed by atoms with Crippen molar-refractivity contribution in [2.75, 3.05) is 0 Å². The Morgan fingerprint density at radius 1 is 0.846 bits per heavy atom. The van der Waals surface area contributed by atoms with Gasteiger partial charge in [0.1, 0.15) is 11.5 Å². The number of aromatic hydroxyl groups is 2. The van der Waals surface area contributed by atoms with Gasteiger partial charge in [0.05, 0.1) is 16.6 Å². The molecule has 1 heterocycles. The van der Waals surface area contributed by atoms with Crippen molar-refractivity contribution in [2.45, 2.75) is 6.18 Å². The van der Waals surface area contributed by atoms with E-state index in [9.17, 15) is 37.7 Å². The lowest BCUT2D eigenvalue weighted by atomic mass is 10.0. The third-order valence-corrected chi connectivity index (χ3v) is 6.02. The van der Waals surface area contributed by atoms with Crippen LogP contribution in [0.1, 0.15) is 15.9 Å². The molecule has 0 saturated heterocycles. The Labute approximate surface area is 217 Å². The van der Waals surface area contributed by atoms with E-state index in [-0.39, 0.29) is 44.8 Å². The summed E-state index contributed by atoms with van der Waals surface area (Å²) >= 11 is 0. The topological polar surface area (TPSA) is 107 Å². The molecule has 5 aromatic rings. The number of rotatable bonds is 5. The van der Waals surface area contributed by atoms with Gasteiger partial charge in [-0.3, -0.25) is 4.57 Å². The Bertz CT molecular complexity index is 1760. The molecule has 0 amide bonds. The van der Waals surface area contributed by atoms with E-state index in [4.69, 9.17) is 0 Å². The van der Waals surface area contributed by atoms with Gasteiger partial charge in [-0.15, -0.1) is 10.2 Å². The van der Waals surface area contributed by atoms with Crippen molar-refractivity contribution >= 4 is 28.2 Å². The molecule has 4 aromatic carbocycles. The molecule has 0 spiro atoms. The molecule has 7 nitrogen and oxygen atoms in total. The molecule has 0 unspecified atom stereocenters. The van der Waals surface area contributed by atoms with Gasteiger partial charge < -0.3 is 15.3 Å². The zero-order chi connectivity index (χ0) is 27.9. The standard InChI is InChI=1S/C28H17F4N3O4/c29-18-8-10-19(11-9-18)35-23-14-17(28(30,31)32)7-12-21(23)24(26(35)37)34-33-22-6-2-5-20(25(22)36)15-3-1-4-16(13-15)27(38)39/h1-14,36-37H,(H,38,39). The number of phenols is 1. The molecule has 3 N–H and O–H groups in total. The molecular weight excluding hydrogens is 518 g/mol. The molecule has 0 atom stereocenters. The fourth-order valence-electron chi connectivity index (χ4n) is 4.15. The molecular formula is C28H17F4N3O4. The van der Waals surface area contributed by atoms with Crippen molar-refractivity contribution in [1.29, 1.82) is 0 Å². The number of carboxylic acids is 1. The third-order valence-electron chi connectivity index (χ3n) is 6.02. The van der Waals surface area contributed by atoms with Gasteiger partial charge in [-0.1, -0.05) is 24.3 Å². The van der Waals surface area contributed by atoms with E-state index < -0.39 is 29.4 Å². The van der Waals surface area contributed by atoms with E-state index in [0.717, 1.165) is 34.9 Å². The van der Waals surface area contributed by atoms with E-state index in [1.54, 1.807) is 18.2 Å². The second-order valence-corrected chi connectivity index (χ2v) is 8.47. The maximum Gasteiger partial charge on any atom is 0.416 e. The van der Waals surface area contributed by atoms with Crippen molar-refractivity contribution in [3.8, 4) is 28.4 Å². The SMILES string of the molecule is O=C(O)c1cccc(-c2cccc(N=Nc3c(O)n(-c4ccc(F)cc4)c4cc(C(F)(F)F)ccc34)c2O)c1. The summed E-state index contributed by atoms with van der Waals surface area (Å²) in [6.07, 6.45) is -4.66. The summed E-state index contributed by atoms with van der Waals surface area (Å²) in [5.41, 5.74) is -0.372. The maximum absolute atomic E-state index is 13.5. The van der Waals surface area contributed by atoms with Gasteiger partial charge in [-0.05, 0) is 66.2 Å². The first-order valence-electron chi connectivity index (χ1n) is 11.3. The van der Waals surface area contributed by atoms with Crippen molar-refractivity contribution in [3.05, 3.63) is 102 Å². The Hall–Kier alpha value is -5.19. The molecule has 0 radical (unpaired) electrons. The second kappa shape index (κ2) is 9.60. The number of alkyl halides is 3. The molecule has 0 saturated carbocycles. The van der Waals surface area contributed by atoms with Crippen LogP contribution in [-0.2, 0) is 6.18 Å². The number of phenolic OH excluding ortho intramolecular Hbond substituents is 1. The summed E-state index contributed by atoms with van der Waals surface area (Å²) in [7, 11) is 0. The summed E-state index contributed by atoms with van der Waals surface area (Å²) in [4.78, 5) is 11.3. The number of nitrogens with zero attached hydrogens (tertiary/aromatic N) is 3. The van der Waals surface area contributed by atoms with Crippen LogP contribution in [0.4, 0.5) is 28.9 Å². The maximum atomic E-state index is 13.5. The van der Waals surface area contributed by atoms with E-state index in [1.807, 2.05) is 0 Å². The van der Waals surface area contributed by atoms with Crippen molar-refractivity contribution in [3.63, 3.8) is 0 Å². The Morgan fingerprint density at radius 2 is 1.56 bits per heavy atom. The number of aromatic carboxylic acids is 1. The van der Waals surface area contributed by atoms with Gasteiger partial charge in [-0.2, -0.15) is 13.2 Å². The number of hydrogen-bond acceptors (Lipinski definition) is 5. The lowest BCUT2D eigenvalue weighted by Crippen LogP contribution is -2.05. The highest BCUT2D eigenvalue weighted by molar-refractivity contribution is 5.97. The summed E-state index contributed by atoms with van der Waals surface area (Å²) in [6, 6.07) is 18.0. The zero-order valence-corrected chi connectivity index (χ0v) is 19.7. The van der Waals surface area contributed by atoms with Crippen LogP contribution in [-0.4, -0.2) is 25.9 Å². The molecule has 11 heteroatoms. The van der Waals surface area contributed by atoms with Crippen LogP contribution < -0.4 is 0 Å². The van der Waals surface area contributed by atoms with Gasteiger partial charge in [0, 0.05) is 16.6 Å². The van der Waals surface area contributed by atoms with Gasteiger partial charge in [0.15, 0.2) is 11.4 Å². The molecule has 5 rings (SSSR count). The van der Waals surface area contributed by atoms with Gasteiger partial charge in [0.2, 0.25) is 5.88 Å². The Kier molecular flexibility index (Phi) is 6.27. The van der Waals surface area contributed by atoms with E-state index in [0.29, 0.717) is 5.56 Å². The molecule has 39 heavy (non-hydrogen) atoms. The van der Waals surface area contributed by atoms with Crippen LogP contribution in [0.3, 0.4) is 0 Å². The second-order valence-electron chi connectivity index (χ2n) is 8.47. The number of halogens is 4. The number of fused-ring (bicyclic) bond motifs is 1. The highest BCUT2D eigenvalue weighted by Crippen LogP contribution is 2.45. The van der Waals surface area contributed by atoms with Crippen molar-refractivity contribution in [2.24, 2.45) is 10.2 Å². The average Bonchev–Trinajstić information content (AvgIpc) is 3.18. The average molecular weight is 535 g/mol. The number of benzene rings is 4. The fourth-order valence-corrected chi connectivity index (χ4v) is 4.15. The molecule has 0 aliphatic carbocycles. The fraction of sp³-hybridized carbons (Fsp3) is 0.0357. The number of hydrogen-bond donors (Lipinski definition) is 3. The first-order valence-corrected chi connectivity index (χ1v) is 11.3. The smallest absolute Gasteiger partial charge is 0.416 e. The van der Waals surface area contributed by atoms with E-state index in [2.05, 4.69) is 10.2 Å². The van der Waals surface area contributed by atoms with E-state index >= 15 is 0 Å².